The predicted octanol–water partition coefficient (Wildman–Crippen LogP) is 8.11. The summed E-state index contributed by atoms with van der Waals surface area (Å²) in [6.45, 7) is 15.6. The molecule has 0 aliphatic rings. The lowest BCUT2D eigenvalue weighted by Crippen LogP contribution is -2.35. The molecule has 0 fully saturated rings. The van der Waals surface area contributed by atoms with Gasteiger partial charge in [-0.05, 0) is 48.0 Å². The van der Waals surface area contributed by atoms with Crippen LogP contribution in [0.2, 0.25) is 0 Å². The lowest BCUT2D eigenvalue weighted by Gasteiger charge is -2.11. The van der Waals surface area contributed by atoms with Gasteiger partial charge in [-0.2, -0.15) is 4.57 Å². The molecule has 168 valence electrons. The van der Waals surface area contributed by atoms with Crippen LogP contribution in [0.4, 0.5) is 5.69 Å². The van der Waals surface area contributed by atoms with Crippen LogP contribution in [0.25, 0.3) is 49.2 Å². The lowest BCUT2D eigenvalue weighted by atomic mass is 9.96. The molecule has 3 nitrogen and oxygen atoms in total. The van der Waals surface area contributed by atoms with Crippen molar-refractivity contribution in [2.24, 2.45) is 13.0 Å². The molecule has 5 aromatic rings. The maximum Gasteiger partial charge on any atom is 0.216 e. The van der Waals surface area contributed by atoms with Crippen LogP contribution in [0.3, 0.4) is 0 Å². The highest BCUT2D eigenvalue weighted by atomic mass is 16.3. The number of hydrogen-bond donors (Lipinski definition) is 0. The highest BCUT2D eigenvalue weighted by Gasteiger charge is 2.24. The van der Waals surface area contributed by atoms with Crippen molar-refractivity contribution in [2.75, 3.05) is 0 Å². The van der Waals surface area contributed by atoms with E-state index in [0.717, 1.165) is 55.6 Å². The average molecular weight is 448 g/mol. The van der Waals surface area contributed by atoms with Crippen LogP contribution < -0.4 is 4.57 Å². The Morgan fingerprint density at radius 3 is 2.44 bits per heavy atom. The quantitative estimate of drug-likeness (QED) is 0.201. The minimum Gasteiger partial charge on any atom is -0.455 e. The van der Waals surface area contributed by atoms with Crippen LogP contribution in [0, 0.1) is 26.3 Å². The standard InChI is InChI=1S/C31H29N2O/c1-19(2)14-22-15-21(4)33(6)28(16-22)29-20(3)12-13-25-27-18-24(32-5)17-26(30(27)34-31(25)29)23-10-8-7-9-11-23/h7-13,15-19H,14H2,1-4,6H3/q+1/i14D2. The van der Waals surface area contributed by atoms with Crippen LogP contribution in [0.15, 0.2) is 71.1 Å². The molecule has 0 unspecified atom stereocenters. The second kappa shape index (κ2) is 8.47. The van der Waals surface area contributed by atoms with E-state index >= 15 is 0 Å². The summed E-state index contributed by atoms with van der Waals surface area (Å²) in [5.41, 5.74) is 8.50. The Hall–Kier alpha value is -3.90. The van der Waals surface area contributed by atoms with Crippen LogP contribution in [-0.2, 0) is 13.4 Å². The topological polar surface area (TPSA) is 21.4 Å². The van der Waals surface area contributed by atoms with Gasteiger partial charge in [-0.15, -0.1) is 0 Å². The molecule has 0 N–H and O–H groups in total. The Morgan fingerprint density at radius 1 is 0.971 bits per heavy atom. The first-order valence-corrected chi connectivity index (χ1v) is 11.6. The molecule has 34 heavy (non-hydrogen) atoms. The molecule has 0 amide bonds. The van der Waals surface area contributed by atoms with Gasteiger partial charge >= 0.3 is 0 Å². The smallest absolute Gasteiger partial charge is 0.216 e. The van der Waals surface area contributed by atoms with E-state index in [1.54, 1.807) is 0 Å². The zero-order valence-corrected chi connectivity index (χ0v) is 20.2. The van der Waals surface area contributed by atoms with Gasteiger partial charge in [0.05, 0.1) is 12.1 Å². The Kier molecular flexibility index (Phi) is 4.87. The summed E-state index contributed by atoms with van der Waals surface area (Å²) < 4.78 is 26.2. The molecule has 2 aromatic heterocycles. The third-order valence-electron chi connectivity index (χ3n) is 6.41. The van der Waals surface area contributed by atoms with E-state index < -0.39 is 6.37 Å². The summed E-state index contributed by atoms with van der Waals surface area (Å²) in [7, 11) is 2.01. The highest BCUT2D eigenvalue weighted by Crippen LogP contribution is 2.42. The highest BCUT2D eigenvalue weighted by molar-refractivity contribution is 6.14. The third-order valence-corrected chi connectivity index (χ3v) is 6.41. The van der Waals surface area contributed by atoms with Crippen LogP contribution in [0.1, 0.15) is 33.4 Å². The van der Waals surface area contributed by atoms with Crippen molar-refractivity contribution in [1.82, 2.24) is 0 Å². The van der Waals surface area contributed by atoms with Gasteiger partial charge in [0, 0.05) is 38.1 Å². The number of pyridine rings is 1. The van der Waals surface area contributed by atoms with Crippen molar-refractivity contribution in [3.63, 3.8) is 0 Å². The number of fused-ring (bicyclic) bond motifs is 3. The first-order chi connectivity index (χ1) is 17.1. The maximum absolute atomic E-state index is 8.73. The zero-order chi connectivity index (χ0) is 25.8. The van der Waals surface area contributed by atoms with Crippen molar-refractivity contribution in [3.8, 4) is 22.4 Å². The number of furan rings is 1. The minimum atomic E-state index is -1.46. The molecule has 3 aromatic carbocycles. The lowest BCUT2D eigenvalue weighted by molar-refractivity contribution is -0.666. The number of aryl methyl sites for hydroxylation is 2. The second-order valence-electron chi connectivity index (χ2n) is 9.21. The van der Waals surface area contributed by atoms with Crippen LogP contribution in [-0.4, -0.2) is 0 Å². The van der Waals surface area contributed by atoms with Crippen molar-refractivity contribution in [2.45, 2.75) is 34.1 Å². The first kappa shape index (κ1) is 19.6. The monoisotopic (exact) mass is 447 g/mol. The Balaban J connectivity index is 1.88. The largest absolute Gasteiger partial charge is 0.455 e. The Labute approximate surface area is 203 Å². The Morgan fingerprint density at radius 2 is 1.74 bits per heavy atom. The summed E-state index contributed by atoms with van der Waals surface area (Å²) in [5.74, 6) is -0.166. The molecule has 5 rings (SSSR count). The molecule has 0 saturated carbocycles. The van der Waals surface area contributed by atoms with E-state index in [2.05, 4.69) is 28.5 Å². The molecule has 0 radical (unpaired) electrons. The molecule has 3 heteroatoms. The van der Waals surface area contributed by atoms with Gasteiger partial charge < -0.3 is 4.42 Å². The fraction of sp³-hybridized carbons (Fsp3) is 0.226. The number of hydrogen-bond acceptors (Lipinski definition) is 1. The van der Waals surface area contributed by atoms with Gasteiger partial charge in [-0.25, -0.2) is 4.85 Å². The summed E-state index contributed by atoms with van der Waals surface area (Å²) >= 11 is 0. The molecule has 0 spiro atoms. The molecule has 0 aliphatic heterocycles. The van der Waals surface area contributed by atoms with Gasteiger partial charge in [0.25, 0.3) is 0 Å². The van der Waals surface area contributed by atoms with E-state index in [1.165, 1.54) is 0 Å². The number of rotatable bonds is 4. The molecular weight excluding hydrogens is 416 g/mol. The van der Waals surface area contributed by atoms with E-state index in [4.69, 9.17) is 13.7 Å². The van der Waals surface area contributed by atoms with Crippen molar-refractivity contribution >= 4 is 27.6 Å². The zero-order valence-electron chi connectivity index (χ0n) is 22.2. The molecule has 0 atom stereocenters. The van der Waals surface area contributed by atoms with Crippen molar-refractivity contribution in [3.05, 3.63) is 95.0 Å². The van der Waals surface area contributed by atoms with E-state index in [0.29, 0.717) is 11.3 Å². The number of benzene rings is 3. The average Bonchev–Trinajstić information content (AvgIpc) is 3.24. The summed E-state index contributed by atoms with van der Waals surface area (Å²) in [6, 6.07) is 21.8. The van der Waals surface area contributed by atoms with Gasteiger partial charge in [0.15, 0.2) is 11.4 Å². The van der Waals surface area contributed by atoms with E-state index in [9.17, 15) is 0 Å². The molecule has 0 bridgehead atoms. The van der Waals surface area contributed by atoms with Gasteiger partial charge in [0.1, 0.15) is 18.2 Å². The third kappa shape index (κ3) is 3.66. The van der Waals surface area contributed by atoms with Crippen molar-refractivity contribution in [1.29, 1.82) is 0 Å². The molecule has 0 saturated heterocycles. The normalized spacial score (nSPS) is 12.7. The van der Waals surface area contributed by atoms with Gasteiger partial charge in [0.2, 0.25) is 5.69 Å². The number of aromatic nitrogens is 1. The van der Waals surface area contributed by atoms with E-state index in [1.807, 2.05) is 82.4 Å². The van der Waals surface area contributed by atoms with Crippen LogP contribution >= 0.6 is 0 Å². The maximum atomic E-state index is 8.73. The molecular formula is C31H29N2O+. The summed E-state index contributed by atoms with van der Waals surface area (Å²) in [5, 5.41) is 1.86. The van der Waals surface area contributed by atoms with Crippen molar-refractivity contribution < 1.29 is 11.7 Å². The minimum absolute atomic E-state index is 0.166. The predicted molar refractivity (Wildman–Crippen MR) is 140 cm³/mol. The fourth-order valence-corrected chi connectivity index (χ4v) is 4.69. The fourth-order valence-electron chi connectivity index (χ4n) is 4.69. The molecule has 2 heterocycles. The van der Waals surface area contributed by atoms with Crippen LogP contribution in [0.5, 0.6) is 0 Å². The summed E-state index contributed by atoms with van der Waals surface area (Å²) in [6.07, 6.45) is -1.46. The SMILES string of the molecule is [2H]C([2H])(c1cc(C)[n+](C)c(-c2c(C)ccc3c2oc2c(-c4ccccc4)cc([N+]#[C-])cc23)c1)C(C)C. The second-order valence-corrected chi connectivity index (χ2v) is 9.21. The Bertz CT molecular complexity index is 1680. The van der Waals surface area contributed by atoms with Gasteiger partial charge in [-0.3, -0.25) is 0 Å². The molecule has 0 aliphatic carbocycles. The van der Waals surface area contributed by atoms with E-state index in [-0.39, 0.29) is 5.92 Å². The number of nitrogens with zero attached hydrogens (tertiary/aromatic N) is 2. The first-order valence-electron chi connectivity index (χ1n) is 12.6. The summed E-state index contributed by atoms with van der Waals surface area (Å²) in [4.78, 5) is 3.73. The van der Waals surface area contributed by atoms with Gasteiger partial charge in [-0.1, -0.05) is 56.3 Å².